The fourth-order valence-corrected chi connectivity index (χ4v) is 2.80. The van der Waals surface area contributed by atoms with E-state index in [0.717, 1.165) is 0 Å². The van der Waals surface area contributed by atoms with Crippen molar-refractivity contribution >= 4 is 45.2 Å². The normalized spacial score (nSPS) is 10.8. The molecule has 0 saturated heterocycles. The Kier molecular flexibility index (Phi) is 7.78. The van der Waals surface area contributed by atoms with E-state index in [0.29, 0.717) is 21.4 Å². The van der Waals surface area contributed by atoms with Crippen molar-refractivity contribution in [1.82, 2.24) is 5.32 Å². The zero-order chi connectivity index (χ0) is 21.4. The van der Waals surface area contributed by atoms with E-state index in [4.69, 9.17) is 4.74 Å². The minimum absolute atomic E-state index is 0.0901. The summed E-state index contributed by atoms with van der Waals surface area (Å²) >= 11 is 3.35. The fraction of sp³-hybridized carbons (Fsp3) is 0.286. The van der Waals surface area contributed by atoms with Crippen LogP contribution in [0.25, 0.3) is 0 Å². The molecule has 0 fully saturated rings. The van der Waals surface area contributed by atoms with Crippen molar-refractivity contribution in [2.75, 3.05) is 17.2 Å². The van der Waals surface area contributed by atoms with Crippen LogP contribution in [0, 0.1) is 0 Å². The molecule has 3 amide bonds. The fourth-order valence-electron chi connectivity index (χ4n) is 2.33. The van der Waals surface area contributed by atoms with Crippen molar-refractivity contribution in [2.24, 2.45) is 0 Å². The Labute approximate surface area is 178 Å². The highest BCUT2D eigenvalue weighted by Gasteiger charge is 2.16. The average Bonchev–Trinajstić information content (AvgIpc) is 2.60. The molecular formula is C21H24BrN3O4. The van der Waals surface area contributed by atoms with E-state index < -0.39 is 11.7 Å². The quantitative estimate of drug-likeness (QED) is 0.587. The number of rotatable bonds is 6. The molecule has 8 heteroatoms. The number of nitrogens with one attached hydrogen (secondary N) is 3. The van der Waals surface area contributed by atoms with Gasteiger partial charge in [-0.05, 0) is 67.0 Å². The maximum Gasteiger partial charge on any atom is 0.407 e. The number of alkyl carbamates (subject to hydrolysis) is 1. The number of hydrogen-bond donors (Lipinski definition) is 3. The predicted octanol–water partition coefficient (Wildman–Crippen LogP) is 4.55. The van der Waals surface area contributed by atoms with Crippen molar-refractivity contribution in [2.45, 2.75) is 32.8 Å². The molecule has 2 aromatic rings. The Morgan fingerprint density at radius 2 is 1.62 bits per heavy atom. The molecule has 0 aliphatic heterocycles. The smallest absolute Gasteiger partial charge is 0.407 e. The molecule has 2 rings (SSSR count). The largest absolute Gasteiger partial charge is 0.444 e. The van der Waals surface area contributed by atoms with Crippen LogP contribution in [0.1, 0.15) is 37.6 Å². The first kappa shape index (κ1) is 22.4. The molecule has 29 heavy (non-hydrogen) atoms. The lowest BCUT2D eigenvalue weighted by molar-refractivity contribution is -0.116. The van der Waals surface area contributed by atoms with Crippen LogP contribution in [-0.2, 0) is 9.53 Å². The van der Waals surface area contributed by atoms with Crippen molar-refractivity contribution < 1.29 is 19.1 Å². The number of amides is 3. The highest BCUT2D eigenvalue weighted by atomic mass is 79.9. The summed E-state index contributed by atoms with van der Waals surface area (Å²) in [6.07, 6.45) is -0.477. The first-order chi connectivity index (χ1) is 13.6. The second-order valence-corrected chi connectivity index (χ2v) is 8.10. The van der Waals surface area contributed by atoms with Gasteiger partial charge < -0.3 is 20.7 Å². The summed E-state index contributed by atoms with van der Waals surface area (Å²) in [5.41, 5.74) is 1.01. The topological polar surface area (TPSA) is 96.5 Å². The van der Waals surface area contributed by atoms with Crippen molar-refractivity contribution in [3.63, 3.8) is 0 Å². The van der Waals surface area contributed by atoms with Crippen LogP contribution in [-0.4, -0.2) is 30.1 Å². The van der Waals surface area contributed by atoms with Crippen LogP contribution in [0.4, 0.5) is 16.2 Å². The highest BCUT2D eigenvalue weighted by molar-refractivity contribution is 9.10. The van der Waals surface area contributed by atoms with Crippen LogP contribution in [0.2, 0.25) is 0 Å². The number of carbonyl (C=O) groups is 3. The Bertz CT molecular complexity index is 893. The van der Waals surface area contributed by atoms with Gasteiger partial charge in [-0.1, -0.05) is 18.2 Å². The average molecular weight is 462 g/mol. The third-order valence-electron chi connectivity index (χ3n) is 3.54. The van der Waals surface area contributed by atoms with Gasteiger partial charge in [-0.3, -0.25) is 9.59 Å². The highest BCUT2D eigenvalue weighted by Crippen LogP contribution is 2.20. The monoisotopic (exact) mass is 461 g/mol. The van der Waals surface area contributed by atoms with Gasteiger partial charge in [-0.2, -0.15) is 0 Å². The third kappa shape index (κ3) is 7.95. The van der Waals surface area contributed by atoms with E-state index in [9.17, 15) is 14.4 Å². The molecule has 154 valence electrons. The van der Waals surface area contributed by atoms with Gasteiger partial charge >= 0.3 is 6.09 Å². The predicted molar refractivity (Wildman–Crippen MR) is 116 cm³/mol. The van der Waals surface area contributed by atoms with E-state index in [1.54, 1.807) is 63.2 Å². The van der Waals surface area contributed by atoms with Gasteiger partial charge in [0.2, 0.25) is 5.91 Å². The number of anilines is 2. The summed E-state index contributed by atoms with van der Waals surface area (Å²) in [6, 6.07) is 13.9. The summed E-state index contributed by atoms with van der Waals surface area (Å²) in [4.78, 5) is 36.1. The van der Waals surface area contributed by atoms with E-state index in [2.05, 4.69) is 31.9 Å². The molecule has 0 atom stereocenters. The molecule has 0 heterocycles. The van der Waals surface area contributed by atoms with Gasteiger partial charge in [0.25, 0.3) is 5.91 Å². The maximum absolute atomic E-state index is 12.4. The van der Waals surface area contributed by atoms with E-state index >= 15 is 0 Å². The Balaban J connectivity index is 1.86. The second kappa shape index (κ2) is 10.1. The SMILES string of the molecule is CC(C)(C)OC(=O)NCCC(=O)Nc1cccc(NC(=O)c2ccccc2Br)c1. The summed E-state index contributed by atoms with van der Waals surface area (Å²) in [5, 5.41) is 8.07. The molecule has 0 bridgehead atoms. The molecule has 0 saturated carbocycles. The number of carbonyl (C=O) groups excluding carboxylic acids is 3. The molecule has 0 aliphatic rings. The molecule has 3 N–H and O–H groups in total. The van der Waals surface area contributed by atoms with Gasteiger partial charge in [-0.25, -0.2) is 4.79 Å². The van der Waals surface area contributed by atoms with Gasteiger partial charge in [0.1, 0.15) is 5.60 Å². The molecule has 7 nitrogen and oxygen atoms in total. The molecule has 0 aliphatic carbocycles. The van der Waals surface area contributed by atoms with Crippen LogP contribution in [0.5, 0.6) is 0 Å². The van der Waals surface area contributed by atoms with Crippen LogP contribution >= 0.6 is 15.9 Å². The van der Waals surface area contributed by atoms with Gasteiger partial charge in [0.15, 0.2) is 0 Å². The molecule has 0 spiro atoms. The number of hydrogen-bond acceptors (Lipinski definition) is 4. The van der Waals surface area contributed by atoms with Crippen molar-refractivity contribution in [1.29, 1.82) is 0 Å². The van der Waals surface area contributed by atoms with Gasteiger partial charge in [0, 0.05) is 28.8 Å². The molecular weight excluding hydrogens is 438 g/mol. The van der Waals surface area contributed by atoms with Crippen LogP contribution < -0.4 is 16.0 Å². The first-order valence-corrected chi connectivity index (χ1v) is 9.86. The minimum Gasteiger partial charge on any atom is -0.444 e. The van der Waals surface area contributed by atoms with Crippen molar-refractivity contribution in [3.05, 3.63) is 58.6 Å². The molecule has 0 aromatic heterocycles. The zero-order valence-electron chi connectivity index (χ0n) is 16.5. The second-order valence-electron chi connectivity index (χ2n) is 7.24. The lowest BCUT2D eigenvalue weighted by atomic mass is 10.2. The zero-order valence-corrected chi connectivity index (χ0v) is 18.1. The maximum atomic E-state index is 12.4. The van der Waals surface area contributed by atoms with Crippen molar-refractivity contribution in [3.8, 4) is 0 Å². The number of benzene rings is 2. The Hall–Kier alpha value is -2.87. The summed E-state index contributed by atoms with van der Waals surface area (Å²) < 4.78 is 5.80. The standard InChI is InChI=1S/C21H24BrN3O4/c1-21(2,3)29-20(28)23-12-11-18(26)24-14-7-6-8-15(13-14)25-19(27)16-9-4-5-10-17(16)22/h4-10,13H,11-12H2,1-3H3,(H,23,28)(H,24,26)(H,25,27). The summed E-state index contributed by atoms with van der Waals surface area (Å²) in [6.45, 7) is 5.45. The lowest BCUT2D eigenvalue weighted by Gasteiger charge is -2.19. The molecule has 0 radical (unpaired) electrons. The molecule has 0 unspecified atom stereocenters. The molecule has 2 aromatic carbocycles. The lowest BCUT2D eigenvalue weighted by Crippen LogP contribution is -2.34. The van der Waals surface area contributed by atoms with Crippen LogP contribution in [0.3, 0.4) is 0 Å². The number of halogens is 1. The third-order valence-corrected chi connectivity index (χ3v) is 4.23. The minimum atomic E-state index is -0.591. The Morgan fingerprint density at radius 3 is 2.28 bits per heavy atom. The van der Waals surface area contributed by atoms with Gasteiger partial charge in [0.05, 0.1) is 5.56 Å². The van der Waals surface area contributed by atoms with Crippen LogP contribution in [0.15, 0.2) is 53.0 Å². The number of ether oxygens (including phenoxy) is 1. The van der Waals surface area contributed by atoms with Gasteiger partial charge in [-0.15, -0.1) is 0 Å². The summed E-state index contributed by atoms with van der Waals surface area (Å²) in [5.74, 6) is -0.530. The first-order valence-electron chi connectivity index (χ1n) is 9.07. The van der Waals surface area contributed by atoms with E-state index in [1.807, 2.05) is 6.07 Å². The van der Waals surface area contributed by atoms with E-state index in [-0.39, 0.29) is 24.8 Å². The van der Waals surface area contributed by atoms with E-state index in [1.165, 1.54) is 0 Å². The Morgan fingerprint density at radius 1 is 0.966 bits per heavy atom. The summed E-state index contributed by atoms with van der Waals surface area (Å²) in [7, 11) is 0.